The van der Waals surface area contributed by atoms with Crippen LogP contribution in [0.1, 0.15) is 39.2 Å². The molecule has 23 heavy (non-hydrogen) atoms. The molecule has 0 amide bonds. The second-order valence-electron chi connectivity index (χ2n) is 8.42. The predicted octanol–water partition coefficient (Wildman–Crippen LogP) is 3.08. The molecule has 0 radical (unpaired) electrons. The van der Waals surface area contributed by atoms with Gasteiger partial charge < -0.3 is 14.6 Å². The second-order valence-corrected chi connectivity index (χ2v) is 8.42. The van der Waals surface area contributed by atoms with Crippen molar-refractivity contribution in [3.05, 3.63) is 35.9 Å². The Morgan fingerprint density at radius 3 is 2.61 bits per heavy atom. The largest absolute Gasteiger partial charge is 0.476 e. The van der Waals surface area contributed by atoms with Gasteiger partial charge in [-0.25, -0.2) is 0 Å². The first-order valence-electron chi connectivity index (χ1n) is 8.99. The van der Waals surface area contributed by atoms with Gasteiger partial charge in [0.25, 0.3) is 0 Å². The van der Waals surface area contributed by atoms with Gasteiger partial charge in [-0.1, -0.05) is 44.2 Å². The van der Waals surface area contributed by atoms with Gasteiger partial charge in [-0.15, -0.1) is 0 Å². The second kappa shape index (κ2) is 5.33. The molecule has 1 heterocycles. The van der Waals surface area contributed by atoms with Crippen LogP contribution in [0.3, 0.4) is 0 Å². The van der Waals surface area contributed by atoms with E-state index < -0.39 is 0 Å². The normalized spacial score (nSPS) is 38.8. The first kappa shape index (κ1) is 15.7. The van der Waals surface area contributed by atoms with Gasteiger partial charge in [0, 0.05) is 5.94 Å². The maximum Gasteiger partial charge on any atom is 0.476 e. The third kappa shape index (κ3) is 2.30. The van der Waals surface area contributed by atoms with Crippen molar-refractivity contribution in [3.63, 3.8) is 0 Å². The summed E-state index contributed by atoms with van der Waals surface area (Å²) in [5.74, 6) is 1.62. The molecule has 1 N–H and O–H groups in total. The molecule has 0 aromatic heterocycles. The van der Waals surface area contributed by atoms with Gasteiger partial charge in [0.2, 0.25) is 0 Å². The van der Waals surface area contributed by atoms with Crippen molar-refractivity contribution in [1.82, 2.24) is 5.32 Å². The fourth-order valence-corrected chi connectivity index (χ4v) is 5.27. The Labute approximate surface area is 140 Å². The van der Waals surface area contributed by atoms with Gasteiger partial charge in [-0.2, -0.15) is 0 Å². The molecule has 0 spiro atoms. The number of rotatable bonds is 4. The average Bonchev–Trinajstić information content (AvgIpc) is 2.90. The first-order valence-corrected chi connectivity index (χ1v) is 8.99. The molecular weight excluding hydrogens is 285 g/mol. The molecule has 4 fully saturated rings. The predicted molar refractivity (Wildman–Crippen MR) is 93.1 cm³/mol. The fourth-order valence-electron chi connectivity index (χ4n) is 5.27. The van der Waals surface area contributed by atoms with E-state index in [4.69, 9.17) is 9.31 Å². The minimum Gasteiger partial charge on any atom is -0.404 e. The van der Waals surface area contributed by atoms with Crippen LogP contribution in [0.15, 0.2) is 30.3 Å². The summed E-state index contributed by atoms with van der Waals surface area (Å²) in [6.07, 6.45) is 3.65. The molecule has 1 aromatic carbocycles. The highest BCUT2D eigenvalue weighted by molar-refractivity contribution is 6.47. The SMILES string of the molecule is CNC(Cc1ccccc1)B1OC2CC3CC(C3(C)C)[C@]2(C)O1. The number of benzene rings is 1. The monoisotopic (exact) mass is 313 g/mol. The van der Waals surface area contributed by atoms with Crippen LogP contribution in [-0.4, -0.2) is 31.8 Å². The molecule has 124 valence electrons. The van der Waals surface area contributed by atoms with Crippen LogP contribution < -0.4 is 5.32 Å². The Morgan fingerprint density at radius 1 is 1.22 bits per heavy atom. The molecule has 1 aromatic rings. The van der Waals surface area contributed by atoms with E-state index >= 15 is 0 Å². The van der Waals surface area contributed by atoms with Crippen LogP contribution in [0.25, 0.3) is 0 Å². The summed E-state index contributed by atoms with van der Waals surface area (Å²) in [6, 6.07) is 10.6. The Morgan fingerprint density at radius 2 is 1.96 bits per heavy atom. The lowest BCUT2D eigenvalue weighted by molar-refractivity contribution is -0.199. The lowest BCUT2D eigenvalue weighted by Gasteiger charge is -2.64. The molecule has 5 rings (SSSR count). The van der Waals surface area contributed by atoms with E-state index in [1.54, 1.807) is 0 Å². The van der Waals surface area contributed by atoms with Gasteiger partial charge >= 0.3 is 7.12 Å². The van der Waals surface area contributed by atoms with Crippen LogP contribution in [0.5, 0.6) is 0 Å². The summed E-state index contributed by atoms with van der Waals surface area (Å²) >= 11 is 0. The number of nitrogens with one attached hydrogen (secondary N) is 1. The maximum atomic E-state index is 6.58. The van der Waals surface area contributed by atoms with Crippen molar-refractivity contribution in [1.29, 1.82) is 0 Å². The van der Waals surface area contributed by atoms with Crippen molar-refractivity contribution in [2.75, 3.05) is 7.05 Å². The summed E-state index contributed by atoms with van der Waals surface area (Å²) in [7, 11) is 1.86. The van der Waals surface area contributed by atoms with Crippen LogP contribution in [0.4, 0.5) is 0 Å². The van der Waals surface area contributed by atoms with E-state index in [1.807, 2.05) is 7.05 Å². The molecule has 3 aliphatic carbocycles. The third-order valence-corrected chi connectivity index (χ3v) is 6.97. The van der Waals surface area contributed by atoms with Crippen LogP contribution >= 0.6 is 0 Å². The quantitative estimate of drug-likeness (QED) is 0.867. The zero-order chi connectivity index (χ0) is 16.2. The van der Waals surface area contributed by atoms with Gasteiger partial charge in [0.05, 0.1) is 11.7 Å². The molecule has 4 heteroatoms. The Kier molecular flexibility index (Phi) is 3.64. The van der Waals surface area contributed by atoms with Crippen molar-refractivity contribution in [2.45, 2.75) is 57.7 Å². The topological polar surface area (TPSA) is 30.5 Å². The summed E-state index contributed by atoms with van der Waals surface area (Å²) in [6.45, 7) is 7.10. The Balaban J connectivity index is 1.51. The molecular formula is C19H28BNO2. The summed E-state index contributed by atoms with van der Waals surface area (Å²) in [4.78, 5) is 0. The van der Waals surface area contributed by atoms with E-state index in [0.29, 0.717) is 11.3 Å². The molecule has 2 bridgehead atoms. The minimum absolute atomic E-state index is 0.116. The van der Waals surface area contributed by atoms with E-state index in [2.05, 4.69) is 56.4 Å². The van der Waals surface area contributed by atoms with Crippen LogP contribution in [-0.2, 0) is 15.7 Å². The molecule has 3 nitrogen and oxygen atoms in total. The molecule has 4 aliphatic rings. The first-order chi connectivity index (χ1) is 10.9. The lowest BCUT2D eigenvalue weighted by atomic mass is 9.43. The smallest absolute Gasteiger partial charge is 0.404 e. The zero-order valence-electron chi connectivity index (χ0n) is 14.7. The fraction of sp³-hybridized carbons (Fsp3) is 0.684. The average molecular weight is 313 g/mol. The molecule has 1 saturated heterocycles. The number of hydrogen-bond acceptors (Lipinski definition) is 3. The summed E-state index contributed by atoms with van der Waals surface area (Å²) in [5.41, 5.74) is 1.61. The van der Waals surface area contributed by atoms with E-state index in [-0.39, 0.29) is 24.8 Å². The zero-order valence-corrected chi connectivity index (χ0v) is 14.7. The van der Waals surface area contributed by atoms with Gasteiger partial charge in [0.15, 0.2) is 0 Å². The van der Waals surface area contributed by atoms with Gasteiger partial charge in [0.1, 0.15) is 0 Å². The number of hydrogen-bond donors (Lipinski definition) is 1. The minimum atomic E-state index is -0.148. The lowest BCUT2D eigenvalue weighted by Crippen LogP contribution is -2.65. The molecule has 3 saturated carbocycles. The van der Waals surface area contributed by atoms with Crippen molar-refractivity contribution < 1.29 is 9.31 Å². The van der Waals surface area contributed by atoms with Gasteiger partial charge in [-0.05, 0) is 56.0 Å². The molecule has 1 aliphatic heterocycles. The van der Waals surface area contributed by atoms with E-state index in [0.717, 1.165) is 18.8 Å². The van der Waals surface area contributed by atoms with E-state index in [9.17, 15) is 0 Å². The van der Waals surface area contributed by atoms with Crippen molar-refractivity contribution in [3.8, 4) is 0 Å². The molecule has 4 unspecified atom stereocenters. The highest BCUT2D eigenvalue weighted by atomic mass is 16.7. The van der Waals surface area contributed by atoms with Gasteiger partial charge in [-0.3, -0.25) is 0 Å². The van der Waals surface area contributed by atoms with Crippen molar-refractivity contribution >= 4 is 7.12 Å². The van der Waals surface area contributed by atoms with E-state index in [1.165, 1.54) is 12.0 Å². The standard InChI is InChI=1S/C19H28BNO2/c1-18(2)14-11-15(18)19(3)16(12-14)22-20(23-19)17(21-4)10-13-8-6-5-7-9-13/h5-9,14-17,21H,10-12H2,1-4H3/t14?,15?,16?,17?,19-/m0/s1. The highest BCUT2D eigenvalue weighted by Gasteiger charge is 2.68. The maximum absolute atomic E-state index is 6.58. The Bertz CT molecular complexity index is 578. The Hall–Kier alpha value is -0.835. The van der Waals surface area contributed by atoms with Crippen molar-refractivity contribution in [2.24, 2.45) is 17.3 Å². The summed E-state index contributed by atoms with van der Waals surface area (Å²) in [5, 5.41) is 3.42. The van der Waals surface area contributed by atoms with Crippen LogP contribution in [0.2, 0.25) is 0 Å². The number of likely N-dealkylation sites (N-methyl/N-ethyl adjacent to an activating group) is 1. The summed E-state index contributed by atoms with van der Waals surface area (Å²) < 4.78 is 13.0. The molecule has 5 atom stereocenters. The third-order valence-electron chi connectivity index (χ3n) is 6.97. The highest BCUT2D eigenvalue weighted by Crippen LogP contribution is 2.65. The van der Waals surface area contributed by atoms with Crippen LogP contribution in [0, 0.1) is 17.3 Å².